The third-order valence-corrected chi connectivity index (χ3v) is 3.56. The van der Waals surface area contributed by atoms with E-state index in [4.69, 9.17) is 9.84 Å². The number of nitrogens with zero attached hydrogens (tertiary/aromatic N) is 1. The summed E-state index contributed by atoms with van der Waals surface area (Å²) in [7, 11) is 0. The molecule has 2 atom stereocenters. The fourth-order valence-electron chi connectivity index (χ4n) is 2.79. The minimum absolute atomic E-state index is 0.253. The Kier molecular flexibility index (Phi) is 3.59. The molecule has 86 valence electrons. The Morgan fingerprint density at radius 1 is 1.47 bits per heavy atom. The minimum atomic E-state index is -0.699. The minimum Gasteiger partial charge on any atom is -0.481 e. The Morgan fingerprint density at radius 2 is 2.33 bits per heavy atom. The molecule has 1 aliphatic carbocycles. The van der Waals surface area contributed by atoms with Crippen molar-refractivity contribution in [2.45, 2.75) is 31.7 Å². The maximum Gasteiger partial charge on any atom is 0.304 e. The van der Waals surface area contributed by atoms with Gasteiger partial charge in [-0.05, 0) is 18.8 Å². The average Bonchev–Trinajstić information content (AvgIpc) is 2.57. The van der Waals surface area contributed by atoms with E-state index >= 15 is 0 Å². The Balaban J connectivity index is 1.92. The molecule has 0 radical (unpaired) electrons. The summed E-state index contributed by atoms with van der Waals surface area (Å²) in [6.45, 7) is 3.20. The molecule has 1 saturated heterocycles. The van der Waals surface area contributed by atoms with E-state index in [1.54, 1.807) is 0 Å². The predicted octanol–water partition coefficient (Wildman–Crippen LogP) is 0.962. The molecule has 0 unspecified atom stereocenters. The molecule has 2 aliphatic rings. The summed E-state index contributed by atoms with van der Waals surface area (Å²) in [5, 5.41) is 8.70. The molecule has 15 heavy (non-hydrogen) atoms. The molecule has 1 saturated carbocycles. The lowest BCUT2D eigenvalue weighted by atomic mass is 10.0. The first kappa shape index (κ1) is 10.9. The Bertz CT molecular complexity index is 232. The highest BCUT2D eigenvalue weighted by Crippen LogP contribution is 2.31. The van der Waals surface area contributed by atoms with Crippen LogP contribution in [0.2, 0.25) is 0 Å². The van der Waals surface area contributed by atoms with Crippen LogP contribution in [0.3, 0.4) is 0 Å². The lowest BCUT2D eigenvalue weighted by Gasteiger charge is -2.29. The molecule has 1 heterocycles. The van der Waals surface area contributed by atoms with Gasteiger partial charge in [-0.25, -0.2) is 0 Å². The highest BCUT2D eigenvalue weighted by atomic mass is 16.5. The van der Waals surface area contributed by atoms with Gasteiger partial charge >= 0.3 is 5.97 Å². The second-order valence-corrected chi connectivity index (χ2v) is 4.51. The van der Waals surface area contributed by atoms with Gasteiger partial charge in [0.1, 0.15) is 0 Å². The zero-order chi connectivity index (χ0) is 10.7. The summed E-state index contributed by atoms with van der Waals surface area (Å²) in [4.78, 5) is 12.9. The summed E-state index contributed by atoms with van der Waals surface area (Å²) < 4.78 is 5.56. The van der Waals surface area contributed by atoms with Gasteiger partial charge in [0.15, 0.2) is 0 Å². The van der Waals surface area contributed by atoms with Crippen LogP contribution in [0.25, 0.3) is 0 Å². The van der Waals surface area contributed by atoms with Crippen molar-refractivity contribution in [3.63, 3.8) is 0 Å². The van der Waals surface area contributed by atoms with E-state index in [0.717, 1.165) is 19.8 Å². The molecule has 1 aliphatic heterocycles. The van der Waals surface area contributed by atoms with E-state index in [-0.39, 0.29) is 6.42 Å². The molecule has 0 aromatic heterocycles. The first-order valence-electron chi connectivity index (χ1n) is 5.81. The zero-order valence-corrected chi connectivity index (χ0v) is 9.02. The van der Waals surface area contributed by atoms with Crippen LogP contribution >= 0.6 is 0 Å². The van der Waals surface area contributed by atoms with Gasteiger partial charge in [0, 0.05) is 19.1 Å². The van der Waals surface area contributed by atoms with Gasteiger partial charge in [0.05, 0.1) is 19.6 Å². The summed E-state index contributed by atoms with van der Waals surface area (Å²) in [6.07, 6.45) is 3.98. The fourth-order valence-corrected chi connectivity index (χ4v) is 2.79. The normalized spacial score (nSPS) is 32.3. The molecule has 0 aromatic carbocycles. The summed E-state index contributed by atoms with van der Waals surface area (Å²) in [5.74, 6) is -0.0593. The second-order valence-electron chi connectivity index (χ2n) is 4.51. The number of rotatable bonds is 3. The van der Waals surface area contributed by atoms with Crippen molar-refractivity contribution in [1.29, 1.82) is 0 Å². The highest BCUT2D eigenvalue weighted by molar-refractivity contribution is 5.66. The molecular weight excluding hydrogens is 194 g/mol. The van der Waals surface area contributed by atoms with Crippen molar-refractivity contribution in [3.8, 4) is 0 Å². The third kappa shape index (κ3) is 2.69. The van der Waals surface area contributed by atoms with Crippen LogP contribution in [-0.4, -0.2) is 48.3 Å². The quantitative estimate of drug-likeness (QED) is 0.758. The molecule has 0 amide bonds. The van der Waals surface area contributed by atoms with E-state index < -0.39 is 5.97 Å². The number of hydrogen-bond donors (Lipinski definition) is 1. The summed E-state index contributed by atoms with van der Waals surface area (Å²) in [5.41, 5.74) is 0. The Labute approximate surface area is 90.2 Å². The average molecular weight is 213 g/mol. The maximum absolute atomic E-state index is 10.6. The monoisotopic (exact) mass is 213 g/mol. The molecule has 0 bridgehead atoms. The van der Waals surface area contributed by atoms with Crippen molar-refractivity contribution in [2.24, 2.45) is 5.92 Å². The molecule has 2 rings (SSSR count). The van der Waals surface area contributed by atoms with Crippen molar-refractivity contribution >= 4 is 5.97 Å². The van der Waals surface area contributed by atoms with E-state index in [0.29, 0.717) is 18.5 Å². The number of carboxylic acids is 1. The first-order valence-corrected chi connectivity index (χ1v) is 5.81. The Morgan fingerprint density at radius 3 is 3.13 bits per heavy atom. The van der Waals surface area contributed by atoms with Crippen molar-refractivity contribution < 1.29 is 14.6 Å². The van der Waals surface area contributed by atoms with Gasteiger partial charge in [-0.1, -0.05) is 6.42 Å². The summed E-state index contributed by atoms with van der Waals surface area (Å²) >= 11 is 0. The number of aliphatic carboxylic acids is 1. The van der Waals surface area contributed by atoms with Gasteiger partial charge in [-0.2, -0.15) is 0 Å². The molecule has 0 aromatic rings. The number of fused-ring (bicyclic) bond motifs is 1. The highest BCUT2D eigenvalue weighted by Gasteiger charge is 2.33. The number of carboxylic acid groups (broad SMARTS) is 1. The van der Waals surface area contributed by atoms with Crippen molar-refractivity contribution in [3.05, 3.63) is 0 Å². The van der Waals surface area contributed by atoms with Crippen molar-refractivity contribution in [1.82, 2.24) is 4.90 Å². The topological polar surface area (TPSA) is 49.8 Å². The molecule has 1 N–H and O–H groups in total. The van der Waals surface area contributed by atoms with Crippen LogP contribution in [0.5, 0.6) is 0 Å². The lowest BCUT2D eigenvalue weighted by Crippen LogP contribution is -2.39. The van der Waals surface area contributed by atoms with Gasteiger partial charge < -0.3 is 9.84 Å². The van der Waals surface area contributed by atoms with E-state index in [1.807, 2.05) is 0 Å². The molecular formula is C11H19NO3. The van der Waals surface area contributed by atoms with E-state index in [2.05, 4.69) is 4.90 Å². The van der Waals surface area contributed by atoms with Gasteiger partial charge in [0.2, 0.25) is 0 Å². The standard InChI is InChI=1S/C11H19NO3/c13-11(14)4-5-12-6-7-15-8-9-2-1-3-10(9)12/h9-10H,1-8H2,(H,13,14)/t9-,10+/m1/s1. The van der Waals surface area contributed by atoms with E-state index in [9.17, 15) is 4.79 Å². The molecule has 2 fully saturated rings. The molecule has 0 spiro atoms. The van der Waals surface area contributed by atoms with Crippen LogP contribution in [-0.2, 0) is 9.53 Å². The first-order chi connectivity index (χ1) is 7.27. The van der Waals surface area contributed by atoms with Crippen LogP contribution in [0.4, 0.5) is 0 Å². The number of hydrogen-bond acceptors (Lipinski definition) is 3. The summed E-state index contributed by atoms with van der Waals surface area (Å²) in [6, 6.07) is 0.576. The van der Waals surface area contributed by atoms with Crippen LogP contribution in [0, 0.1) is 5.92 Å². The van der Waals surface area contributed by atoms with Gasteiger partial charge in [-0.15, -0.1) is 0 Å². The number of ether oxygens (including phenoxy) is 1. The van der Waals surface area contributed by atoms with Crippen molar-refractivity contribution in [2.75, 3.05) is 26.3 Å². The lowest BCUT2D eigenvalue weighted by molar-refractivity contribution is -0.137. The second kappa shape index (κ2) is 4.94. The van der Waals surface area contributed by atoms with Crippen LogP contribution in [0.1, 0.15) is 25.7 Å². The van der Waals surface area contributed by atoms with Gasteiger partial charge in [-0.3, -0.25) is 9.69 Å². The van der Waals surface area contributed by atoms with E-state index in [1.165, 1.54) is 19.3 Å². The van der Waals surface area contributed by atoms with Crippen LogP contribution in [0.15, 0.2) is 0 Å². The van der Waals surface area contributed by atoms with Crippen LogP contribution < -0.4 is 0 Å². The zero-order valence-electron chi connectivity index (χ0n) is 9.02. The third-order valence-electron chi connectivity index (χ3n) is 3.56. The smallest absolute Gasteiger partial charge is 0.304 e. The number of carbonyl (C=O) groups is 1. The maximum atomic E-state index is 10.6. The Hall–Kier alpha value is -0.610. The SMILES string of the molecule is O=C(O)CCN1CCOC[C@H]2CCC[C@@H]21. The largest absolute Gasteiger partial charge is 0.481 e. The van der Waals surface area contributed by atoms with Gasteiger partial charge in [0.25, 0.3) is 0 Å². The molecule has 4 heteroatoms. The molecule has 4 nitrogen and oxygen atoms in total. The fraction of sp³-hybridized carbons (Fsp3) is 0.909. The predicted molar refractivity (Wildman–Crippen MR) is 55.8 cm³/mol.